The van der Waals surface area contributed by atoms with Gasteiger partial charge in [0.2, 0.25) is 0 Å². The van der Waals surface area contributed by atoms with Crippen LogP contribution in [0.15, 0.2) is 46.9 Å². The molecule has 0 aromatic heterocycles. The Morgan fingerprint density at radius 3 is 2.00 bits per heavy atom. The van der Waals surface area contributed by atoms with Gasteiger partial charge in [-0.25, -0.2) is 4.39 Å². The molecule has 2 aromatic rings. The average Bonchev–Trinajstić information content (AvgIpc) is 2.63. The van der Waals surface area contributed by atoms with Crippen LogP contribution >= 0.6 is 15.9 Å². The molecule has 1 heterocycles. The van der Waals surface area contributed by atoms with Crippen LogP contribution in [0.3, 0.4) is 0 Å². The van der Waals surface area contributed by atoms with E-state index in [1.807, 2.05) is 12.1 Å². The van der Waals surface area contributed by atoms with Gasteiger partial charge in [0.05, 0.1) is 0 Å². The van der Waals surface area contributed by atoms with Gasteiger partial charge < -0.3 is 9.80 Å². The van der Waals surface area contributed by atoms with E-state index in [1.165, 1.54) is 6.07 Å². The standard InChI is InChI=1S/C19H18BrFN2O2/c1-13-5-6-15(12-17(13)21)19(25)23-9-7-22(8-10-23)18(24)14-3-2-4-16(20)11-14/h2-6,11-12H,7-10H2,1H3. The van der Waals surface area contributed by atoms with E-state index in [9.17, 15) is 14.0 Å². The van der Waals surface area contributed by atoms with Gasteiger partial charge in [-0.3, -0.25) is 9.59 Å². The summed E-state index contributed by atoms with van der Waals surface area (Å²) in [5.74, 6) is -0.627. The third-order valence-electron chi connectivity index (χ3n) is 4.34. The number of rotatable bonds is 2. The number of piperazine rings is 1. The summed E-state index contributed by atoms with van der Waals surface area (Å²) in [6.07, 6.45) is 0. The number of carbonyl (C=O) groups is 2. The van der Waals surface area contributed by atoms with Gasteiger partial charge in [0.15, 0.2) is 0 Å². The Balaban J connectivity index is 1.64. The van der Waals surface area contributed by atoms with Crippen molar-refractivity contribution in [3.05, 3.63) is 69.4 Å². The third-order valence-corrected chi connectivity index (χ3v) is 4.84. The molecule has 130 valence electrons. The molecule has 0 spiro atoms. The molecule has 0 saturated carbocycles. The number of aryl methyl sites for hydroxylation is 1. The summed E-state index contributed by atoms with van der Waals surface area (Å²) < 4.78 is 14.5. The molecular formula is C19H18BrFN2O2. The first-order valence-electron chi connectivity index (χ1n) is 8.06. The zero-order valence-corrected chi connectivity index (χ0v) is 15.4. The molecule has 1 fully saturated rings. The van der Waals surface area contributed by atoms with Crippen molar-refractivity contribution < 1.29 is 14.0 Å². The summed E-state index contributed by atoms with van der Waals surface area (Å²) in [6, 6.07) is 11.8. The van der Waals surface area contributed by atoms with Gasteiger partial charge in [0, 0.05) is 41.8 Å². The topological polar surface area (TPSA) is 40.6 Å². The second-order valence-electron chi connectivity index (χ2n) is 6.06. The van der Waals surface area contributed by atoms with Crippen LogP contribution in [0.25, 0.3) is 0 Å². The molecule has 0 radical (unpaired) electrons. The van der Waals surface area contributed by atoms with Gasteiger partial charge in [-0.1, -0.05) is 28.1 Å². The van der Waals surface area contributed by atoms with Crippen LogP contribution < -0.4 is 0 Å². The Bertz CT molecular complexity index is 817. The van der Waals surface area contributed by atoms with Crippen LogP contribution in [-0.4, -0.2) is 47.8 Å². The van der Waals surface area contributed by atoms with Gasteiger partial charge in [-0.15, -0.1) is 0 Å². The number of halogens is 2. The van der Waals surface area contributed by atoms with E-state index >= 15 is 0 Å². The maximum Gasteiger partial charge on any atom is 0.254 e. The lowest BCUT2D eigenvalue weighted by Gasteiger charge is -2.35. The highest BCUT2D eigenvalue weighted by molar-refractivity contribution is 9.10. The maximum atomic E-state index is 13.7. The van der Waals surface area contributed by atoms with E-state index in [-0.39, 0.29) is 17.6 Å². The molecular weight excluding hydrogens is 387 g/mol. The van der Waals surface area contributed by atoms with Crippen LogP contribution in [0.1, 0.15) is 26.3 Å². The number of amides is 2. The Morgan fingerprint density at radius 1 is 0.920 bits per heavy atom. The van der Waals surface area contributed by atoms with Crippen molar-refractivity contribution in [2.75, 3.05) is 26.2 Å². The lowest BCUT2D eigenvalue weighted by molar-refractivity contribution is 0.0535. The molecule has 1 saturated heterocycles. The lowest BCUT2D eigenvalue weighted by atomic mass is 10.1. The number of nitrogens with zero attached hydrogens (tertiary/aromatic N) is 2. The zero-order chi connectivity index (χ0) is 18.0. The van der Waals surface area contributed by atoms with E-state index in [4.69, 9.17) is 0 Å². The van der Waals surface area contributed by atoms with Gasteiger partial charge in [-0.2, -0.15) is 0 Å². The minimum atomic E-state index is -0.380. The van der Waals surface area contributed by atoms with Crippen molar-refractivity contribution in [3.8, 4) is 0 Å². The molecule has 0 unspecified atom stereocenters. The van der Waals surface area contributed by atoms with Crippen LogP contribution in [0.2, 0.25) is 0 Å². The fourth-order valence-electron chi connectivity index (χ4n) is 2.83. The van der Waals surface area contributed by atoms with Gasteiger partial charge in [-0.05, 0) is 42.8 Å². The van der Waals surface area contributed by atoms with Crippen LogP contribution in [0, 0.1) is 12.7 Å². The summed E-state index contributed by atoms with van der Waals surface area (Å²) in [5.41, 5.74) is 1.48. The summed E-state index contributed by atoms with van der Waals surface area (Å²) in [7, 11) is 0. The summed E-state index contributed by atoms with van der Waals surface area (Å²) in [4.78, 5) is 28.4. The highest BCUT2D eigenvalue weighted by Crippen LogP contribution is 2.16. The van der Waals surface area contributed by atoms with Crippen molar-refractivity contribution in [2.24, 2.45) is 0 Å². The minimum Gasteiger partial charge on any atom is -0.335 e. The second-order valence-corrected chi connectivity index (χ2v) is 6.97. The maximum absolute atomic E-state index is 13.7. The van der Waals surface area contributed by atoms with Crippen LogP contribution in [0.5, 0.6) is 0 Å². The SMILES string of the molecule is Cc1ccc(C(=O)N2CCN(C(=O)c3cccc(Br)c3)CC2)cc1F. The van der Waals surface area contributed by atoms with E-state index < -0.39 is 0 Å². The quantitative estimate of drug-likeness (QED) is 0.768. The van der Waals surface area contributed by atoms with Gasteiger partial charge in [0.25, 0.3) is 11.8 Å². The fraction of sp³-hybridized carbons (Fsp3) is 0.263. The van der Waals surface area contributed by atoms with E-state index in [0.29, 0.717) is 42.9 Å². The number of benzene rings is 2. The zero-order valence-electron chi connectivity index (χ0n) is 13.8. The first-order chi connectivity index (χ1) is 12.0. The van der Waals surface area contributed by atoms with Crippen molar-refractivity contribution in [3.63, 3.8) is 0 Å². The fourth-order valence-corrected chi connectivity index (χ4v) is 3.22. The summed E-state index contributed by atoms with van der Waals surface area (Å²) >= 11 is 3.37. The molecule has 25 heavy (non-hydrogen) atoms. The third kappa shape index (κ3) is 3.90. The molecule has 0 atom stereocenters. The van der Waals surface area contributed by atoms with E-state index in [2.05, 4.69) is 15.9 Å². The molecule has 1 aliphatic heterocycles. The van der Waals surface area contributed by atoms with Crippen molar-refractivity contribution in [2.45, 2.75) is 6.92 Å². The molecule has 2 amide bonds. The predicted molar refractivity (Wildman–Crippen MR) is 97.1 cm³/mol. The van der Waals surface area contributed by atoms with Gasteiger partial charge >= 0.3 is 0 Å². The predicted octanol–water partition coefficient (Wildman–Crippen LogP) is 3.49. The van der Waals surface area contributed by atoms with Crippen LogP contribution in [0.4, 0.5) is 4.39 Å². The van der Waals surface area contributed by atoms with E-state index in [0.717, 1.165) is 4.47 Å². The highest BCUT2D eigenvalue weighted by atomic mass is 79.9. The van der Waals surface area contributed by atoms with Crippen LogP contribution in [-0.2, 0) is 0 Å². The molecule has 4 nitrogen and oxygen atoms in total. The molecule has 1 aliphatic rings. The van der Waals surface area contributed by atoms with Crippen molar-refractivity contribution in [1.82, 2.24) is 9.80 Å². The van der Waals surface area contributed by atoms with Gasteiger partial charge in [0.1, 0.15) is 5.82 Å². The Hall–Kier alpha value is -2.21. The average molecular weight is 405 g/mol. The minimum absolute atomic E-state index is 0.0465. The summed E-state index contributed by atoms with van der Waals surface area (Å²) in [5, 5.41) is 0. The first-order valence-corrected chi connectivity index (χ1v) is 8.85. The van der Waals surface area contributed by atoms with Crippen molar-refractivity contribution >= 4 is 27.7 Å². The molecule has 6 heteroatoms. The number of hydrogen-bond acceptors (Lipinski definition) is 2. The monoisotopic (exact) mass is 404 g/mol. The normalized spacial score (nSPS) is 14.5. The smallest absolute Gasteiger partial charge is 0.254 e. The first kappa shape index (κ1) is 17.6. The Morgan fingerprint density at radius 2 is 1.48 bits per heavy atom. The number of carbonyl (C=O) groups excluding carboxylic acids is 2. The molecule has 3 rings (SSSR count). The molecule has 0 aliphatic carbocycles. The molecule has 0 N–H and O–H groups in total. The van der Waals surface area contributed by atoms with E-state index in [1.54, 1.807) is 41.0 Å². The Labute approximate surface area is 154 Å². The summed E-state index contributed by atoms with van der Waals surface area (Å²) in [6.45, 7) is 3.47. The van der Waals surface area contributed by atoms with Crippen molar-refractivity contribution in [1.29, 1.82) is 0 Å². The largest absolute Gasteiger partial charge is 0.335 e. The Kier molecular flexibility index (Phi) is 5.18. The second kappa shape index (κ2) is 7.35. The molecule has 2 aromatic carbocycles. The number of hydrogen-bond donors (Lipinski definition) is 0. The lowest BCUT2D eigenvalue weighted by Crippen LogP contribution is -2.50. The molecule has 0 bridgehead atoms. The highest BCUT2D eigenvalue weighted by Gasteiger charge is 2.25.